The average molecular weight is 286 g/mol. The molecule has 108 valence electrons. The molecule has 0 spiro atoms. The fourth-order valence-electron chi connectivity index (χ4n) is 2.19. The maximum atomic E-state index is 12.8. The first-order chi connectivity index (χ1) is 10.1. The zero-order chi connectivity index (χ0) is 14.8. The average Bonchev–Trinajstić information content (AvgIpc) is 2.44. The maximum absolute atomic E-state index is 12.8. The normalized spacial score (nSPS) is 14.7. The van der Waals surface area contributed by atoms with Gasteiger partial charge in [-0.2, -0.15) is 5.10 Å². The van der Waals surface area contributed by atoms with Gasteiger partial charge < -0.3 is 10.2 Å². The number of carbonyl (C=O) groups is 1. The zero-order valence-electron chi connectivity index (χ0n) is 11.6. The van der Waals surface area contributed by atoms with E-state index in [1.54, 1.807) is 29.2 Å². The van der Waals surface area contributed by atoms with Crippen LogP contribution in [0.15, 0.2) is 36.4 Å². The van der Waals surface area contributed by atoms with Gasteiger partial charge in [0, 0.05) is 18.8 Å². The molecule has 1 amide bonds. The number of carbonyl (C=O) groups excluding carboxylic acids is 1. The van der Waals surface area contributed by atoms with Crippen molar-refractivity contribution in [1.82, 2.24) is 15.1 Å². The summed E-state index contributed by atoms with van der Waals surface area (Å²) in [7, 11) is 0. The molecule has 6 heteroatoms. The minimum Gasteiger partial charge on any atom is -0.379 e. The Morgan fingerprint density at radius 2 is 1.90 bits per heavy atom. The summed E-state index contributed by atoms with van der Waals surface area (Å²) in [6, 6.07) is 9.83. The molecular formula is C15H15FN4O. The highest BCUT2D eigenvalue weighted by Crippen LogP contribution is 2.17. The Morgan fingerprint density at radius 1 is 1.19 bits per heavy atom. The van der Waals surface area contributed by atoms with Crippen LogP contribution in [0.5, 0.6) is 0 Å². The van der Waals surface area contributed by atoms with Gasteiger partial charge in [0.15, 0.2) is 5.69 Å². The number of likely N-dealkylation sites (tertiary alicyclic amines) is 1. The number of halogens is 1. The summed E-state index contributed by atoms with van der Waals surface area (Å²) in [5.74, 6) is -0.372. The van der Waals surface area contributed by atoms with Crippen molar-refractivity contribution in [1.29, 1.82) is 0 Å². The van der Waals surface area contributed by atoms with Crippen LogP contribution in [0.2, 0.25) is 0 Å². The Bertz CT molecular complexity index is 636. The van der Waals surface area contributed by atoms with E-state index in [-0.39, 0.29) is 17.8 Å². The van der Waals surface area contributed by atoms with Gasteiger partial charge in [0.2, 0.25) is 0 Å². The number of amides is 1. The highest BCUT2D eigenvalue weighted by atomic mass is 19.1. The molecule has 1 N–H and O–H groups in total. The first kappa shape index (κ1) is 13.5. The third-order valence-electron chi connectivity index (χ3n) is 3.40. The molecule has 21 heavy (non-hydrogen) atoms. The van der Waals surface area contributed by atoms with Gasteiger partial charge in [-0.3, -0.25) is 4.79 Å². The third-order valence-corrected chi connectivity index (χ3v) is 3.40. The lowest BCUT2D eigenvalue weighted by molar-refractivity contribution is 0.0618. The maximum Gasteiger partial charge on any atom is 0.274 e. The first-order valence-electron chi connectivity index (χ1n) is 6.73. The van der Waals surface area contributed by atoms with Crippen LogP contribution in [0.1, 0.15) is 16.2 Å². The summed E-state index contributed by atoms with van der Waals surface area (Å²) >= 11 is 0. The van der Waals surface area contributed by atoms with E-state index in [2.05, 4.69) is 15.5 Å². The van der Waals surface area contributed by atoms with Gasteiger partial charge in [-0.15, -0.1) is 5.10 Å². The summed E-state index contributed by atoms with van der Waals surface area (Å²) < 4.78 is 12.8. The molecule has 2 aromatic rings. The SMILES string of the molecule is Cc1ccc(C(=O)N2CC(Nc3ccc(F)cc3)C2)nn1. The molecule has 0 radical (unpaired) electrons. The van der Waals surface area contributed by atoms with Crippen LogP contribution in [-0.2, 0) is 0 Å². The Hall–Kier alpha value is -2.50. The molecule has 0 bridgehead atoms. The summed E-state index contributed by atoms with van der Waals surface area (Å²) in [5, 5.41) is 11.0. The smallest absolute Gasteiger partial charge is 0.274 e. The number of benzene rings is 1. The molecule has 1 aromatic heterocycles. The molecule has 0 saturated carbocycles. The van der Waals surface area contributed by atoms with E-state index in [0.717, 1.165) is 11.4 Å². The number of hydrogen-bond acceptors (Lipinski definition) is 4. The van der Waals surface area contributed by atoms with Crippen molar-refractivity contribution in [2.24, 2.45) is 0 Å². The Kier molecular flexibility index (Phi) is 3.51. The number of anilines is 1. The van der Waals surface area contributed by atoms with Crippen molar-refractivity contribution in [2.75, 3.05) is 18.4 Å². The predicted molar refractivity (Wildman–Crippen MR) is 76.5 cm³/mol. The van der Waals surface area contributed by atoms with Gasteiger partial charge in [-0.25, -0.2) is 4.39 Å². The van der Waals surface area contributed by atoms with E-state index in [9.17, 15) is 9.18 Å². The van der Waals surface area contributed by atoms with E-state index in [0.29, 0.717) is 18.8 Å². The van der Waals surface area contributed by atoms with E-state index in [4.69, 9.17) is 0 Å². The Morgan fingerprint density at radius 3 is 2.52 bits per heavy atom. The van der Waals surface area contributed by atoms with Crippen LogP contribution in [0, 0.1) is 12.7 Å². The fourth-order valence-corrected chi connectivity index (χ4v) is 2.19. The van der Waals surface area contributed by atoms with Crippen molar-refractivity contribution < 1.29 is 9.18 Å². The van der Waals surface area contributed by atoms with Crippen LogP contribution < -0.4 is 5.32 Å². The zero-order valence-corrected chi connectivity index (χ0v) is 11.6. The molecule has 1 aliphatic rings. The van der Waals surface area contributed by atoms with Crippen molar-refractivity contribution >= 4 is 11.6 Å². The van der Waals surface area contributed by atoms with Crippen molar-refractivity contribution in [3.63, 3.8) is 0 Å². The van der Waals surface area contributed by atoms with Crippen LogP contribution in [0.25, 0.3) is 0 Å². The molecule has 0 unspecified atom stereocenters. The topological polar surface area (TPSA) is 58.1 Å². The number of aryl methyl sites for hydroxylation is 1. The van der Waals surface area contributed by atoms with E-state index < -0.39 is 0 Å². The lowest BCUT2D eigenvalue weighted by Gasteiger charge is -2.39. The molecule has 2 heterocycles. The molecule has 5 nitrogen and oxygen atoms in total. The van der Waals surface area contributed by atoms with Crippen molar-refractivity contribution in [2.45, 2.75) is 13.0 Å². The number of aromatic nitrogens is 2. The number of nitrogens with one attached hydrogen (secondary N) is 1. The molecule has 1 aliphatic heterocycles. The monoisotopic (exact) mass is 286 g/mol. The predicted octanol–water partition coefficient (Wildman–Crippen LogP) is 1.86. The standard InChI is InChI=1S/C15H15FN4O/c1-10-2-7-14(19-18-10)15(21)20-8-13(9-20)17-12-5-3-11(16)4-6-12/h2-7,13,17H,8-9H2,1H3. The summed E-state index contributed by atoms with van der Waals surface area (Å²) in [6.45, 7) is 3.03. The molecule has 0 atom stereocenters. The number of nitrogens with zero attached hydrogens (tertiary/aromatic N) is 3. The third kappa shape index (κ3) is 2.99. The van der Waals surface area contributed by atoms with Crippen molar-refractivity contribution in [3.05, 3.63) is 53.6 Å². The number of hydrogen-bond donors (Lipinski definition) is 1. The number of rotatable bonds is 3. The Labute approximate surface area is 121 Å². The fraction of sp³-hybridized carbons (Fsp3) is 0.267. The second-order valence-electron chi connectivity index (χ2n) is 5.12. The second kappa shape index (κ2) is 5.47. The van der Waals surface area contributed by atoms with Gasteiger partial charge in [0.25, 0.3) is 5.91 Å². The molecule has 1 fully saturated rings. The van der Waals surface area contributed by atoms with E-state index in [1.165, 1.54) is 12.1 Å². The highest BCUT2D eigenvalue weighted by molar-refractivity contribution is 5.92. The minimum absolute atomic E-state index is 0.111. The van der Waals surface area contributed by atoms with Gasteiger partial charge >= 0.3 is 0 Å². The lowest BCUT2D eigenvalue weighted by Crippen LogP contribution is -2.57. The molecule has 1 saturated heterocycles. The summed E-state index contributed by atoms with van der Waals surface area (Å²) in [5.41, 5.74) is 2.00. The van der Waals surface area contributed by atoms with E-state index >= 15 is 0 Å². The quantitative estimate of drug-likeness (QED) is 0.935. The Balaban J connectivity index is 1.54. The van der Waals surface area contributed by atoms with Gasteiger partial charge in [-0.1, -0.05) is 0 Å². The molecule has 1 aromatic carbocycles. The molecule has 3 rings (SSSR count). The van der Waals surface area contributed by atoms with Crippen LogP contribution in [-0.4, -0.2) is 40.1 Å². The van der Waals surface area contributed by atoms with Crippen LogP contribution in [0.3, 0.4) is 0 Å². The molecular weight excluding hydrogens is 271 g/mol. The molecule has 0 aliphatic carbocycles. The minimum atomic E-state index is -0.260. The highest BCUT2D eigenvalue weighted by Gasteiger charge is 2.31. The second-order valence-corrected chi connectivity index (χ2v) is 5.12. The summed E-state index contributed by atoms with van der Waals surface area (Å²) in [4.78, 5) is 13.8. The van der Waals surface area contributed by atoms with Crippen LogP contribution in [0.4, 0.5) is 10.1 Å². The van der Waals surface area contributed by atoms with Crippen LogP contribution >= 0.6 is 0 Å². The van der Waals surface area contributed by atoms with Gasteiger partial charge in [-0.05, 0) is 43.3 Å². The van der Waals surface area contributed by atoms with Crippen molar-refractivity contribution in [3.8, 4) is 0 Å². The van der Waals surface area contributed by atoms with Gasteiger partial charge in [0.05, 0.1) is 11.7 Å². The first-order valence-corrected chi connectivity index (χ1v) is 6.73. The largest absolute Gasteiger partial charge is 0.379 e. The van der Waals surface area contributed by atoms with Gasteiger partial charge in [0.1, 0.15) is 5.82 Å². The lowest BCUT2D eigenvalue weighted by atomic mass is 10.1. The summed E-state index contributed by atoms with van der Waals surface area (Å²) in [6.07, 6.45) is 0. The van der Waals surface area contributed by atoms with E-state index in [1.807, 2.05) is 6.92 Å².